The maximum atomic E-state index is 12.9. The molecule has 0 bridgehead atoms. The van der Waals surface area contributed by atoms with Crippen molar-refractivity contribution < 1.29 is 19.1 Å². The van der Waals surface area contributed by atoms with E-state index in [9.17, 15) is 9.59 Å². The zero-order valence-electron chi connectivity index (χ0n) is 18.2. The van der Waals surface area contributed by atoms with Crippen molar-refractivity contribution in [1.82, 2.24) is 9.80 Å². The number of thiophene rings is 1. The molecule has 8 heteroatoms. The second-order valence-electron chi connectivity index (χ2n) is 8.41. The molecule has 7 nitrogen and oxygen atoms in total. The summed E-state index contributed by atoms with van der Waals surface area (Å²) in [6.07, 6.45) is 0.874. The SMILES string of the molecule is COc1cccc(NC(=O)[C@H]2CN(C)CC3(CCN(C(=O)c4ccc(C)s4)CC3)O2)c1. The van der Waals surface area contributed by atoms with Crippen LogP contribution in [0, 0.1) is 6.92 Å². The van der Waals surface area contributed by atoms with Gasteiger partial charge in [-0.1, -0.05) is 6.07 Å². The topological polar surface area (TPSA) is 71.1 Å². The fourth-order valence-electron chi connectivity index (χ4n) is 4.37. The standard InChI is InChI=1S/C23H29N3O4S/c1-16-7-8-20(31-16)22(28)26-11-9-23(10-12-26)15-25(2)14-19(30-23)21(27)24-17-5-4-6-18(13-17)29-3/h4-8,13,19H,9-12,14-15H2,1-3H3,(H,24,27)/t19-/m1/s1. The Hall–Kier alpha value is -2.42. The molecule has 2 aliphatic heterocycles. The highest BCUT2D eigenvalue weighted by Crippen LogP contribution is 2.33. The zero-order chi connectivity index (χ0) is 22.0. The van der Waals surface area contributed by atoms with Crippen molar-refractivity contribution in [2.75, 3.05) is 45.7 Å². The molecule has 166 valence electrons. The summed E-state index contributed by atoms with van der Waals surface area (Å²) in [6, 6.07) is 11.2. The summed E-state index contributed by atoms with van der Waals surface area (Å²) in [6.45, 7) is 4.57. The van der Waals surface area contributed by atoms with Gasteiger partial charge < -0.3 is 24.6 Å². The number of rotatable bonds is 4. The molecule has 1 N–H and O–H groups in total. The van der Waals surface area contributed by atoms with Crippen molar-refractivity contribution in [1.29, 1.82) is 0 Å². The first-order valence-corrected chi connectivity index (χ1v) is 11.4. The number of aryl methyl sites for hydroxylation is 1. The predicted octanol–water partition coefficient (Wildman–Crippen LogP) is 3.01. The lowest BCUT2D eigenvalue weighted by Gasteiger charge is -2.48. The van der Waals surface area contributed by atoms with Crippen molar-refractivity contribution in [3.05, 3.63) is 46.2 Å². The van der Waals surface area contributed by atoms with E-state index in [1.807, 2.05) is 49.2 Å². The lowest BCUT2D eigenvalue weighted by molar-refractivity contribution is -0.176. The molecule has 1 spiro atoms. The second-order valence-corrected chi connectivity index (χ2v) is 9.70. The molecular formula is C23H29N3O4S. The Morgan fingerprint density at radius 3 is 2.68 bits per heavy atom. The molecule has 3 heterocycles. The van der Waals surface area contributed by atoms with Gasteiger partial charge in [-0.15, -0.1) is 11.3 Å². The first-order chi connectivity index (χ1) is 14.9. The number of anilines is 1. The third-order valence-corrected chi connectivity index (χ3v) is 6.96. The van der Waals surface area contributed by atoms with Crippen molar-refractivity contribution in [2.24, 2.45) is 0 Å². The summed E-state index contributed by atoms with van der Waals surface area (Å²) in [5, 5.41) is 2.95. The lowest BCUT2D eigenvalue weighted by atomic mass is 9.88. The Balaban J connectivity index is 1.39. The number of morpholine rings is 1. The average molecular weight is 444 g/mol. The van der Waals surface area contributed by atoms with Gasteiger partial charge in [0.1, 0.15) is 11.9 Å². The molecule has 0 aliphatic carbocycles. The number of benzene rings is 1. The Kier molecular flexibility index (Phi) is 6.31. The van der Waals surface area contributed by atoms with E-state index < -0.39 is 11.7 Å². The number of amides is 2. The smallest absolute Gasteiger partial charge is 0.263 e. The van der Waals surface area contributed by atoms with Crippen molar-refractivity contribution >= 4 is 28.8 Å². The first-order valence-electron chi connectivity index (χ1n) is 10.5. The number of hydrogen-bond donors (Lipinski definition) is 1. The minimum absolute atomic E-state index is 0.0874. The van der Waals surface area contributed by atoms with Gasteiger partial charge in [-0.3, -0.25) is 9.59 Å². The number of ether oxygens (including phenoxy) is 2. The van der Waals surface area contributed by atoms with Crippen molar-refractivity contribution in [3.8, 4) is 5.75 Å². The summed E-state index contributed by atoms with van der Waals surface area (Å²) < 4.78 is 11.6. The normalized spacial score (nSPS) is 21.1. The Morgan fingerprint density at radius 1 is 1.23 bits per heavy atom. The number of likely N-dealkylation sites (N-methyl/N-ethyl adjacent to an activating group) is 1. The minimum atomic E-state index is -0.563. The van der Waals surface area contributed by atoms with Crippen LogP contribution >= 0.6 is 11.3 Å². The molecule has 2 aromatic rings. The molecule has 1 atom stereocenters. The Bertz CT molecular complexity index is 952. The fourth-order valence-corrected chi connectivity index (χ4v) is 5.21. The molecule has 0 saturated carbocycles. The van der Waals surface area contributed by atoms with E-state index in [1.54, 1.807) is 13.2 Å². The van der Waals surface area contributed by atoms with E-state index in [-0.39, 0.29) is 11.8 Å². The van der Waals surface area contributed by atoms with Gasteiger partial charge in [0.2, 0.25) is 0 Å². The Labute approximate surface area is 186 Å². The third kappa shape index (κ3) is 4.92. The van der Waals surface area contributed by atoms with E-state index in [0.717, 1.165) is 29.1 Å². The van der Waals surface area contributed by atoms with Gasteiger partial charge in [-0.05, 0) is 51.1 Å². The van der Waals surface area contributed by atoms with E-state index in [1.165, 1.54) is 11.3 Å². The van der Waals surface area contributed by atoms with Crippen LogP contribution in [0.2, 0.25) is 0 Å². The van der Waals surface area contributed by atoms with E-state index in [4.69, 9.17) is 9.47 Å². The van der Waals surface area contributed by atoms with Crippen LogP contribution in [0.25, 0.3) is 0 Å². The van der Waals surface area contributed by atoms with Crippen LogP contribution in [0.3, 0.4) is 0 Å². The van der Waals surface area contributed by atoms with Crippen molar-refractivity contribution in [3.63, 3.8) is 0 Å². The van der Waals surface area contributed by atoms with Crippen LogP contribution in [-0.4, -0.2) is 73.7 Å². The summed E-state index contributed by atoms with van der Waals surface area (Å²) in [5.41, 5.74) is 0.271. The van der Waals surface area contributed by atoms with Gasteiger partial charge in [0.05, 0.1) is 17.6 Å². The van der Waals surface area contributed by atoms with Crippen LogP contribution in [0.5, 0.6) is 5.75 Å². The van der Waals surface area contributed by atoms with Gasteiger partial charge in [0.25, 0.3) is 11.8 Å². The van der Waals surface area contributed by atoms with Crippen LogP contribution in [-0.2, 0) is 9.53 Å². The minimum Gasteiger partial charge on any atom is -0.497 e. The molecule has 1 aromatic carbocycles. The van der Waals surface area contributed by atoms with E-state index in [2.05, 4.69) is 10.2 Å². The summed E-state index contributed by atoms with van der Waals surface area (Å²) in [4.78, 5) is 31.7. The number of likely N-dealkylation sites (tertiary alicyclic amines) is 1. The molecule has 2 amide bonds. The molecule has 31 heavy (non-hydrogen) atoms. The molecule has 2 aliphatic rings. The molecule has 4 rings (SSSR count). The highest BCUT2D eigenvalue weighted by Gasteiger charge is 2.44. The molecule has 1 aromatic heterocycles. The van der Waals surface area contributed by atoms with Crippen molar-refractivity contribution in [2.45, 2.75) is 31.5 Å². The zero-order valence-corrected chi connectivity index (χ0v) is 19.0. The van der Waals surface area contributed by atoms with Gasteiger partial charge >= 0.3 is 0 Å². The molecule has 0 radical (unpaired) electrons. The Morgan fingerprint density at radius 2 is 2.00 bits per heavy atom. The largest absolute Gasteiger partial charge is 0.497 e. The predicted molar refractivity (Wildman–Crippen MR) is 121 cm³/mol. The number of carbonyl (C=O) groups excluding carboxylic acids is 2. The maximum absolute atomic E-state index is 12.9. The number of piperidine rings is 1. The first kappa shape index (κ1) is 21.8. The van der Waals surface area contributed by atoms with E-state index >= 15 is 0 Å². The highest BCUT2D eigenvalue weighted by molar-refractivity contribution is 7.13. The molecule has 2 fully saturated rings. The van der Waals surface area contributed by atoms with Crippen LogP contribution < -0.4 is 10.1 Å². The monoisotopic (exact) mass is 443 g/mol. The van der Waals surface area contributed by atoms with Gasteiger partial charge in [0, 0.05) is 42.8 Å². The third-order valence-electron chi connectivity index (χ3n) is 5.97. The molecular weight excluding hydrogens is 414 g/mol. The number of nitrogens with one attached hydrogen (secondary N) is 1. The number of carbonyl (C=O) groups is 2. The molecule has 2 saturated heterocycles. The summed E-state index contributed by atoms with van der Waals surface area (Å²) in [7, 11) is 3.61. The maximum Gasteiger partial charge on any atom is 0.263 e. The van der Waals surface area contributed by atoms with E-state index in [0.29, 0.717) is 31.1 Å². The highest BCUT2D eigenvalue weighted by atomic mass is 32.1. The quantitative estimate of drug-likeness (QED) is 0.787. The van der Waals surface area contributed by atoms with Gasteiger partial charge in [-0.2, -0.15) is 0 Å². The summed E-state index contributed by atoms with van der Waals surface area (Å²) >= 11 is 1.53. The number of nitrogens with zero attached hydrogens (tertiary/aromatic N) is 2. The van der Waals surface area contributed by atoms with Gasteiger partial charge in [-0.25, -0.2) is 0 Å². The van der Waals surface area contributed by atoms with Gasteiger partial charge in [0.15, 0.2) is 0 Å². The average Bonchev–Trinajstić information content (AvgIpc) is 3.19. The number of methoxy groups -OCH3 is 1. The van der Waals surface area contributed by atoms with Crippen LogP contribution in [0.15, 0.2) is 36.4 Å². The fraction of sp³-hybridized carbons (Fsp3) is 0.478. The van der Waals surface area contributed by atoms with Crippen LogP contribution in [0.4, 0.5) is 5.69 Å². The lowest BCUT2D eigenvalue weighted by Crippen LogP contribution is -2.61. The number of hydrogen-bond acceptors (Lipinski definition) is 6. The second kappa shape index (κ2) is 8.98. The molecule has 0 unspecified atom stereocenters. The van der Waals surface area contributed by atoms with Crippen LogP contribution in [0.1, 0.15) is 27.4 Å². The summed E-state index contributed by atoms with van der Waals surface area (Å²) in [5.74, 6) is 0.616.